The van der Waals surface area contributed by atoms with Gasteiger partial charge in [-0.1, -0.05) is 38.1 Å². The number of aryl methyl sites for hydroxylation is 2. The van der Waals surface area contributed by atoms with Crippen LogP contribution in [-0.2, 0) is 10.5 Å². The summed E-state index contributed by atoms with van der Waals surface area (Å²) in [4.78, 5) is 16.8. The van der Waals surface area contributed by atoms with Gasteiger partial charge in [-0.2, -0.15) is 5.26 Å². The van der Waals surface area contributed by atoms with Crippen LogP contribution in [0.1, 0.15) is 54.9 Å². The lowest BCUT2D eigenvalue weighted by atomic mass is 9.68. The van der Waals surface area contributed by atoms with E-state index >= 15 is 0 Å². The molecule has 3 aromatic rings. The topological polar surface area (TPSA) is 70.1 Å². The van der Waals surface area contributed by atoms with Crippen LogP contribution < -0.4 is 10.6 Å². The molecule has 3 aromatic carbocycles. The molecule has 0 amide bonds. The molecule has 0 bridgehead atoms. The number of rotatable bonds is 5. The van der Waals surface area contributed by atoms with E-state index in [0.717, 1.165) is 43.0 Å². The minimum Gasteiger partial charge on any atom is -0.384 e. The van der Waals surface area contributed by atoms with E-state index in [-0.39, 0.29) is 17.0 Å². The second-order valence-electron chi connectivity index (χ2n) is 11.3. The van der Waals surface area contributed by atoms with Crippen molar-refractivity contribution in [1.29, 1.82) is 5.26 Å². The van der Waals surface area contributed by atoms with Gasteiger partial charge in [-0.05, 0) is 100 Å². The van der Waals surface area contributed by atoms with E-state index in [1.165, 1.54) is 12.1 Å². The summed E-state index contributed by atoms with van der Waals surface area (Å²) in [6.07, 6.45) is 1.06. The maximum atomic E-state index is 14.0. The number of allylic oxidation sites excluding steroid dienone is 3. The molecule has 1 aliphatic heterocycles. The van der Waals surface area contributed by atoms with Gasteiger partial charge in [-0.3, -0.25) is 9.69 Å². The monoisotopic (exact) mass is 615 g/mol. The number of carbonyl (C=O) groups excluding carboxylic acids is 1. The van der Waals surface area contributed by atoms with Crippen molar-refractivity contribution in [3.05, 3.63) is 116 Å². The second-order valence-corrected chi connectivity index (χ2v) is 13.2. The van der Waals surface area contributed by atoms with E-state index in [4.69, 9.17) is 5.73 Å². The molecule has 7 heteroatoms. The number of nitriles is 1. The zero-order valence-corrected chi connectivity index (χ0v) is 25.4. The van der Waals surface area contributed by atoms with Gasteiger partial charge in [0.2, 0.25) is 0 Å². The molecule has 1 heterocycles. The summed E-state index contributed by atoms with van der Waals surface area (Å²) in [6, 6.07) is 20.9. The molecule has 4 nitrogen and oxygen atoms in total. The van der Waals surface area contributed by atoms with Crippen molar-refractivity contribution in [2.45, 2.75) is 57.1 Å². The molecule has 0 aromatic heterocycles. The highest BCUT2D eigenvalue weighted by atomic mass is 79.9. The Balaban J connectivity index is 1.67. The molecule has 0 fully saturated rings. The summed E-state index contributed by atoms with van der Waals surface area (Å²) < 4.78 is 14.2. The summed E-state index contributed by atoms with van der Waals surface area (Å²) in [5.74, 6) is 0.276. The minimum atomic E-state index is -0.544. The number of nitrogens with zero attached hydrogens (tertiary/aromatic N) is 2. The van der Waals surface area contributed by atoms with Crippen molar-refractivity contribution in [2.24, 2.45) is 11.1 Å². The number of halogens is 2. The molecule has 1 atom stereocenters. The number of Topliss-reactive ketones (excluding diaryl/α,β-unsaturated/α-hetero) is 1. The molecule has 40 heavy (non-hydrogen) atoms. The molecule has 1 unspecified atom stereocenters. The Labute approximate surface area is 247 Å². The highest BCUT2D eigenvalue weighted by Crippen LogP contribution is 2.51. The number of benzene rings is 3. The summed E-state index contributed by atoms with van der Waals surface area (Å²) >= 11 is 5.28. The van der Waals surface area contributed by atoms with Crippen LogP contribution in [0.3, 0.4) is 0 Å². The average Bonchev–Trinajstić information content (AvgIpc) is 2.89. The maximum Gasteiger partial charge on any atom is 0.162 e. The lowest BCUT2D eigenvalue weighted by molar-refractivity contribution is -0.118. The van der Waals surface area contributed by atoms with Gasteiger partial charge >= 0.3 is 0 Å². The number of hydrogen-bond acceptors (Lipinski definition) is 5. The summed E-state index contributed by atoms with van der Waals surface area (Å²) in [5, 5.41) is 10.5. The summed E-state index contributed by atoms with van der Waals surface area (Å²) in [6.45, 7) is 8.30. The molecule has 0 radical (unpaired) electrons. The van der Waals surface area contributed by atoms with Crippen molar-refractivity contribution in [3.63, 3.8) is 0 Å². The first-order chi connectivity index (χ1) is 19.0. The first-order valence-corrected chi connectivity index (χ1v) is 15.0. The molecule has 1 aliphatic carbocycles. The summed E-state index contributed by atoms with van der Waals surface area (Å²) in [7, 11) is 0. The number of anilines is 1. The first-order valence-electron chi connectivity index (χ1n) is 13.2. The Bertz CT molecular complexity index is 1620. The van der Waals surface area contributed by atoms with Gasteiger partial charge < -0.3 is 5.73 Å². The van der Waals surface area contributed by atoms with E-state index in [1.807, 2.05) is 36.1 Å². The fraction of sp³-hybridized carbons (Fsp3) is 0.273. The van der Waals surface area contributed by atoms with E-state index in [0.29, 0.717) is 35.6 Å². The predicted octanol–water partition coefficient (Wildman–Crippen LogP) is 8.44. The third-order valence-corrected chi connectivity index (χ3v) is 9.45. The average molecular weight is 617 g/mol. The van der Waals surface area contributed by atoms with Crippen LogP contribution in [0, 0.1) is 36.4 Å². The molecule has 5 rings (SSSR count). The molecule has 204 valence electrons. The smallest absolute Gasteiger partial charge is 0.162 e. The van der Waals surface area contributed by atoms with Gasteiger partial charge in [-0.15, -0.1) is 11.8 Å². The van der Waals surface area contributed by atoms with E-state index < -0.39 is 5.92 Å². The minimum absolute atomic E-state index is 0.0516. The lowest BCUT2D eigenvalue weighted by Crippen LogP contribution is -2.42. The van der Waals surface area contributed by atoms with Crippen LogP contribution in [-0.4, -0.2) is 5.78 Å². The van der Waals surface area contributed by atoms with Gasteiger partial charge in [0, 0.05) is 32.8 Å². The first kappa shape index (κ1) is 28.2. The Morgan fingerprint density at radius 3 is 2.48 bits per heavy atom. The van der Waals surface area contributed by atoms with Gasteiger partial charge in [0.25, 0.3) is 0 Å². The normalized spacial score (nSPS) is 18.6. The number of hydrogen-bond donors (Lipinski definition) is 1. The largest absolute Gasteiger partial charge is 0.384 e. The van der Waals surface area contributed by atoms with Crippen molar-refractivity contribution in [1.82, 2.24) is 0 Å². The lowest BCUT2D eigenvalue weighted by Gasteiger charge is -2.44. The van der Waals surface area contributed by atoms with E-state index in [2.05, 4.69) is 54.9 Å². The maximum absolute atomic E-state index is 14.0. The fourth-order valence-corrected chi connectivity index (χ4v) is 7.23. The number of nitrogens with two attached hydrogens (primary N) is 1. The second kappa shape index (κ2) is 10.9. The fourth-order valence-electron chi connectivity index (χ4n) is 5.80. The Morgan fingerprint density at radius 2 is 1.80 bits per heavy atom. The number of para-hydroxylation sites is 1. The van der Waals surface area contributed by atoms with Crippen LogP contribution in [0.4, 0.5) is 10.1 Å². The van der Waals surface area contributed by atoms with Crippen molar-refractivity contribution in [2.75, 3.05) is 4.90 Å². The Morgan fingerprint density at radius 1 is 1.10 bits per heavy atom. The SMILES string of the molecule is Cc1cc(C)c(C2C(C#N)=C(N)N(c3ccccc3Br)C3=C2C(=O)CC(C)(C)C3)cc1CSc1ccc(F)cc1. The van der Waals surface area contributed by atoms with E-state index in [9.17, 15) is 14.4 Å². The zero-order valence-electron chi connectivity index (χ0n) is 23.0. The van der Waals surface area contributed by atoms with Crippen LogP contribution >= 0.6 is 27.7 Å². The van der Waals surface area contributed by atoms with Gasteiger partial charge in [0.1, 0.15) is 11.6 Å². The molecule has 0 spiro atoms. The standard InChI is InChI=1S/C33H31BrFN3OS/c1-19-13-20(2)24(14-21(19)18-40-23-11-9-22(35)10-12-23)30-25(17-36)32(37)38(27-8-6-5-7-26(27)34)28-15-33(3,4)16-29(39)31(28)30/h5-14,30H,15-16,18,37H2,1-4H3. The zero-order chi connectivity index (χ0) is 28.8. The predicted molar refractivity (Wildman–Crippen MR) is 163 cm³/mol. The van der Waals surface area contributed by atoms with Gasteiger partial charge in [0.15, 0.2) is 5.78 Å². The molecular weight excluding hydrogens is 585 g/mol. The van der Waals surface area contributed by atoms with Crippen LogP contribution in [0.2, 0.25) is 0 Å². The Hall–Kier alpha value is -3.34. The molecule has 2 N–H and O–H groups in total. The highest BCUT2D eigenvalue weighted by molar-refractivity contribution is 9.10. The molecular formula is C33H31BrFN3OS. The van der Waals surface area contributed by atoms with Crippen LogP contribution in [0.15, 0.2) is 92.7 Å². The number of carbonyl (C=O) groups is 1. The highest BCUT2D eigenvalue weighted by Gasteiger charge is 2.45. The third kappa shape index (κ3) is 5.23. The quantitative estimate of drug-likeness (QED) is 0.292. The molecule has 0 saturated carbocycles. The van der Waals surface area contributed by atoms with Crippen molar-refractivity contribution in [3.8, 4) is 6.07 Å². The number of thioether (sulfide) groups is 1. The van der Waals surface area contributed by atoms with Gasteiger partial charge in [-0.25, -0.2) is 4.39 Å². The molecule has 0 saturated heterocycles. The summed E-state index contributed by atoms with van der Waals surface area (Å²) in [5.41, 5.74) is 13.5. The van der Waals surface area contributed by atoms with Crippen molar-refractivity contribution >= 4 is 39.2 Å². The van der Waals surface area contributed by atoms with Crippen molar-refractivity contribution < 1.29 is 9.18 Å². The number of ketones is 1. The van der Waals surface area contributed by atoms with Gasteiger partial charge in [0.05, 0.1) is 23.2 Å². The molecule has 2 aliphatic rings. The van der Waals surface area contributed by atoms with Crippen LogP contribution in [0.5, 0.6) is 0 Å². The third-order valence-electron chi connectivity index (χ3n) is 7.72. The Kier molecular flexibility index (Phi) is 7.69. The van der Waals surface area contributed by atoms with Crippen LogP contribution in [0.25, 0.3) is 0 Å². The van der Waals surface area contributed by atoms with E-state index in [1.54, 1.807) is 23.9 Å².